The maximum absolute atomic E-state index is 12.9. The number of aromatic amines is 1. The largest absolute Gasteiger partial charge is 0.494 e. The number of fused-ring (bicyclic) bond motifs is 1. The molecule has 0 saturated carbocycles. The fourth-order valence-electron chi connectivity index (χ4n) is 4.02. The van der Waals surface area contributed by atoms with Gasteiger partial charge in [-0.1, -0.05) is 12.1 Å². The highest BCUT2D eigenvalue weighted by Crippen LogP contribution is 2.35. The summed E-state index contributed by atoms with van der Waals surface area (Å²) in [4.78, 5) is 22.2. The lowest BCUT2D eigenvalue weighted by Gasteiger charge is -2.20. The monoisotopic (exact) mass is 450 g/mol. The number of nitrogens with one attached hydrogen (secondary N) is 1. The summed E-state index contributed by atoms with van der Waals surface area (Å²) in [7, 11) is 4.89. The van der Waals surface area contributed by atoms with Gasteiger partial charge in [0, 0.05) is 36.9 Å². The standard InChI is InChI=1S/C24H26N4O5/c1-13-9-19(29)28(23(13)31)16-8-6-7-15(10-16)12-27(3)24-25-17-11-18(32-4)21(33-5)14(2)20(17)22(30)26-24/h6-11,29,31H,12H2,1-5H3,(H,25,26,30). The molecular formula is C24H26N4O5. The molecule has 0 fully saturated rings. The van der Waals surface area contributed by atoms with Crippen molar-refractivity contribution >= 4 is 16.9 Å². The van der Waals surface area contributed by atoms with E-state index in [1.54, 1.807) is 26.0 Å². The van der Waals surface area contributed by atoms with Gasteiger partial charge in [-0.3, -0.25) is 14.3 Å². The Morgan fingerprint density at radius 3 is 2.52 bits per heavy atom. The lowest BCUT2D eigenvalue weighted by atomic mass is 10.1. The summed E-state index contributed by atoms with van der Waals surface area (Å²) in [5.74, 6) is 1.34. The molecule has 0 radical (unpaired) electrons. The molecule has 0 aliphatic carbocycles. The van der Waals surface area contributed by atoms with Crippen LogP contribution in [0.1, 0.15) is 16.7 Å². The van der Waals surface area contributed by atoms with Crippen molar-refractivity contribution in [2.45, 2.75) is 20.4 Å². The van der Waals surface area contributed by atoms with E-state index in [1.807, 2.05) is 30.1 Å². The number of rotatable bonds is 6. The van der Waals surface area contributed by atoms with E-state index in [2.05, 4.69) is 9.97 Å². The lowest BCUT2D eigenvalue weighted by molar-refractivity contribution is 0.354. The van der Waals surface area contributed by atoms with Gasteiger partial charge in [0.1, 0.15) is 0 Å². The first kappa shape index (κ1) is 22.1. The highest BCUT2D eigenvalue weighted by molar-refractivity contribution is 5.86. The highest BCUT2D eigenvalue weighted by atomic mass is 16.5. The number of ether oxygens (including phenoxy) is 2. The van der Waals surface area contributed by atoms with E-state index < -0.39 is 0 Å². The molecule has 4 aromatic rings. The van der Waals surface area contributed by atoms with Crippen LogP contribution in [-0.2, 0) is 6.54 Å². The van der Waals surface area contributed by atoms with Crippen molar-refractivity contribution in [2.75, 3.05) is 26.2 Å². The molecule has 2 aromatic carbocycles. The van der Waals surface area contributed by atoms with Crippen molar-refractivity contribution in [1.29, 1.82) is 0 Å². The summed E-state index contributed by atoms with van der Waals surface area (Å²) < 4.78 is 12.2. The summed E-state index contributed by atoms with van der Waals surface area (Å²) in [5.41, 5.74) is 2.98. The van der Waals surface area contributed by atoms with Crippen LogP contribution in [0.5, 0.6) is 23.3 Å². The number of benzene rings is 2. The Hall–Kier alpha value is -4.14. The second kappa shape index (κ2) is 8.42. The minimum absolute atomic E-state index is 0.0155. The van der Waals surface area contributed by atoms with Crippen LogP contribution in [-0.4, -0.2) is 46.0 Å². The molecule has 0 spiro atoms. The van der Waals surface area contributed by atoms with E-state index in [0.29, 0.717) is 51.7 Å². The molecule has 0 amide bonds. The zero-order valence-corrected chi connectivity index (χ0v) is 19.1. The number of hydrogen-bond donors (Lipinski definition) is 3. The summed E-state index contributed by atoms with van der Waals surface area (Å²) >= 11 is 0. The number of H-pyrrole nitrogens is 1. The zero-order valence-electron chi connectivity index (χ0n) is 19.1. The molecule has 0 saturated heterocycles. The minimum atomic E-state index is -0.272. The molecule has 0 atom stereocenters. The molecule has 0 unspecified atom stereocenters. The van der Waals surface area contributed by atoms with E-state index in [0.717, 1.165) is 5.56 Å². The second-order valence-electron chi connectivity index (χ2n) is 7.89. The predicted octanol–water partition coefficient (Wildman–Crippen LogP) is 3.40. The summed E-state index contributed by atoms with van der Waals surface area (Å²) in [5, 5.41) is 20.9. The topological polar surface area (TPSA) is 113 Å². The first-order valence-corrected chi connectivity index (χ1v) is 10.3. The van der Waals surface area contributed by atoms with Crippen LogP contribution in [0.25, 0.3) is 16.6 Å². The second-order valence-corrected chi connectivity index (χ2v) is 7.89. The van der Waals surface area contributed by atoms with Gasteiger partial charge in [0.2, 0.25) is 11.8 Å². The molecule has 33 heavy (non-hydrogen) atoms. The van der Waals surface area contributed by atoms with Gasteiger partial charge < -0.3 is 24.6 Å². The van der Waals surface area contributed by atoms with Crippen LogP contribution in [0.15, 0.2) is 41.2 Å². The normalized spacial score (nSPS) is 11.1. The van der Waals surface area contributed by atoms with Crippen molar-refractivity contribution in [3.8, 4) is 28.9 Å². The quantitative estimate of drug-likeness (QED) is 0.413. The summed E-state index contributed by atoms with van der Waals surface area (Å²) in [6.45, 7) is 3.94. The van der Waals surface area contributed by atoms with Crippen LogP contribution in [0.2, 0.25) is 0 Å². The SMILES string of the molecule is COc1cc2nc(N(C)Cc3cccc(-n4c(O)cc(C)c4O)c3)[nH]c(=O)c2c(C)c1OC. The Balaban J connectivity index is 1.70. The Morgan fingerprint density at radius 2 is 1.88 bits per heavy atom. The molecule has 0 aliphatic rings. The van der Waals surface area contributed by atoms with Crippen molar-refractivity contribution in [2.24, 2.45) is 0 Å². The van der Waals surface area contributed by atoms with Crippen molar-refractivity contribution in [1.82, 2.24) is 14.5 Å². The molecular weight excluding hydrogens is 424 g/mol. The molecule has 0 aliphatic heterocycles. The molecule has 172 valence electrons. The third-order valence-electron chi connectivity index (χ3n) is 5.66. The summed E-state index contributed by atoms with van der Waals surface area (Å²) in [6, 6.07) is 10.6. The molecule has 9 heteroatoms. The van der Waals surface area contributed by atoms with Gasteiger partial charge >= 0.3 is 0 Å². The first-order chi connectivity index (χ1) is 15.7. The van der Waals surface area contributed by atoms with Gasteiger partial charge in [0.15, 0.2) is 17.4 Å². The van der Waals surface area contributed by atoms with Crippen LogP contribution < -0.4 is 19.9 Å². The molecule has 0 bridgehead atoms. The Morgan fingerprint density at radius 1 is 1.12 bits per heavy atom. The van der Waals surface area contributed by atoms with Crippen LogP contribution in [0, 0.1) is 13.8 Å². The Labute approximate surface area is 190 Å². The third-order valence-corrected chi connectivity index (χ3v) is 5.66. The number of nitrogens with zero attached hydrogens (tertiary/aromatic N) is 3. The number of aromatic nitrogens is 3. The number of aryl methyl sites for hydroxylation is 2. The van der Waals surface area contributed by atoms with Crippen molar-refractivity contribution < 1.29 is 19.7 Å². The number of hydrogen-bond acceptors (Lipinski definition) is 7. The zero-order chi connectivity index (χ0) is 23.9. The predicted molar refractivity (Wildman–Crippen MR) is 126 cm³/mol. The number of methoxy groups -OCH3 is 2. The number of anilines is 1. The minimum Gasteiger partial charge on any atom is -0.494 e. The lowest BCUT2D eigenvalue weighted by Crippen LogP contribution is -2.23. The Kier molecular flexibility index (Phi) is 5.63. The van der Waals surface area contributed by atoms with E-state index in [1.165, 1.54) is 24.9 Å². The van der Waals surface area contributed by atoms with Gasteiger partial charge in [-0.25, -0.2) is 4.98 Å². The van der Waals surface area contributed by atoms with Gasteiger partial charge in [-0.2, -0.15) is 0 Å². The molecule has 3 N–H and O–H groups in total. The van der Waals surface area contributed by atoms with Crippen molar-refractivity contribution in [3.63, 3.8) is 0 Å². The van der Waals surface area contributed by atoms with E-state index in [4.69, 9.17) is 9.47 Å². The molecule has 2 heterocycles. The average Bonchev–Trinajstić information content (AvgIpc) is 3.04. The van der Waals surface area contributed by atoms with Gasteiger partial charge in [0.05, 0.1) is 30.8 Å². The fraction of sp³-hybridized carbons (Fsp3) is 0.250. The van der Waals surface area contributed by atoms with Gasteiger partial charge in [-0.15, -0.1) is 0 Å². The summed E-state index contributed by atoms with van der Waals surface area (Å²) in [6.07, 6.45) is 0. The highest BCUT2D eigenvalue weighted by Gasteiger charge is 2.18. The molecule has 2 aromatic heterocycles. The van der Waals surface area contributed by atoms with E-state index in [-0.39, 0.29) is 17.3 Å². The molecule has 9 nitrogen and oxygen atoms in total. The van der Waals surface area contributed by atoms with Gasteiger partial charge in [-0.05, 0) is 31.5 Å². The van der Waals surface area contributed by atoms with Crippen LogP contribution in [0.4, 0.5) is 5.95 Å². The van der Waals surface area contributed by atoms with Gasteiger partial charge in [0.25, 0.3) is 5.56 Å². The van der Waals surface area contributed by atoms with Crippen molar-refractivity contribution in [3.05, 3.63) is 63.4 Å². The van der Waals surface area contributed by atoms with Crippen LogP contribution >= 0.6 is 0 Å². The molecule has 4 rings (SSSR count). The van der Waals surface area contributed by atoms with E-state index in [9.17, 15) is 15.0 Å². The third kappa shape index (κ3) is 3.82. The van der Waals surface area contributed by atoms with E-state index >= 15 is 0 Å². The fourth-order valence-corrected chi connectivity index (χ4v) is 4.02. The number of aromatic hydroxyl groups is 2. The maximum atomic E-state index is 12.9. The maximum Gasteiger partial charge on any atom is 0.260 e. The smallest absolute Gasteiger partial charge is 0.260 e. The first-order valence-electron chi connectivity index (χ1n) is 10.3. The Bertz CT molecular complexity index is 1410. The van der Waals surface area contributed by atoms with Crippen LogP contribution in [0.3, 0.4) is 0 Å². The average molecular weight is 450 g/mol.